The van der Waals surface area contributed by atoms with Gasteiger partial charge >= 0.3 is 5.97 Å². The lowest BCUT2D eigenvalue weighted by Gasteiger charge is -2.35. The van der Waals surface area contributed by atoms with Crippen LogP contribution in [0.25, 0.3) is 0 Å². The zero-order valence-corrected chi connectivity index (χ0v) is 16.7. The van der Waals surface area contributed by atoms with E-state index >= 15 is 0 Å². The summed E-state index contributed by atoms with van der Waals surface area (Å²) in [4.78, 5) is 25.3. The lowest BCUT2D eigenvalue weighted by atomic mass is 9.97. The smallest absolute Gasteiger partial charge is 0.305 e. The zero-order valence-electron chi connectivity index (χ0n) is 15.9. The number of benzene rings is 1. The molecule has 1 aromatic rings. The van der Waals surface area contributed by atoms with E-state index in [4.69, 9.17) is 5.11 Å². The lowest BCUT2D eigenvalue weighted by Crippen LogP contribution is -2.49. The Morgan fingerprint density at radius 2 is 1.93 bits per heavy atom. The molecule has 0 bridgehead atoms. The Hall–Kier alpha value is -1.93. The van der Waals surface area contributed by atoms with Gasteiger partial charge in [0.1, 0.15) is 0 Å². The Balaban J connectivity index is 2.07. The summed E-state index contributed by atoms with van der Waals surface area (Å²) in [6.07, 6.45) is 1.12. The van der Waals surface area contributed by atoms with Crippen molar-refractivity contribution in [1.82, 2.24) is 9.21 Å². The fraction of sp³-hybridized carbons (Fsp3) is 0.579. The lowest BCUT2D eigenvalue weighted by molar-refractivity contribution is -0.141. The molecule has 2 rings (SSSR count). The maximum absolute atomic E-state index is 12.9. The van der Waals surface area contributed by atoms with Crippen molar-refractivity contribution in [3.8, 4) is 0 Å². The summed E-state index contributed by atoms with van der Waals surface area (Å²) >= 11 is 0. The van der Waals surface area contributed by atoms with Gasteiger partial charge in [0.15, 0.2) is 0 Å². The number of sulfonamides is 1. The summed E-state index contributed by atoms with van der Waals surface area (Å²) < 4.78 is 26.9. The van der Waals surface area contributed by atoms with Gasteiger partial charge in [-0.15, -0.1) is 0 Å². The Morgan fingerprint density at radius 1 is 1.26 bits per heavy atom. The third-order valence-corrected chi connectivity index (χ3v) is 6.61. The molecule has 8 heteroatoms. The minimum atomic E-state index is -3.51. The van der Waals surface area contributed by atoms with Crippen molar-refractivity contribution >= 4 is 21.9 Å². The fourth-order valence-electron chi connectivity index (χ4n) is 3.35. The maximum atomic E-state index is 12.9. The topological polar surface area (TPSA) is 95.0 Å². The van der Waals surface area contributed by atoms with Crippen molar-refractivity contribution in [3.63, 3.8) is 0 Å². The third kappa shape index (κ3) is 6.04. The van der Waals surface area contributed by atoms with Crippen LogP contribution in [-0.2, 0) is 25.4 Å². The first-order valence-electron chi connectivity index (χ1n) is 9.24. The third-order valence-electron chi connectivity index (χ3n) is 4.79. The van der Waals surface area contributed by atoms with Gasteiger partial charge in [0.2, 0.25) is 15.9 Å². The highest BCUT2D eigenvalue weighted by Gasteiger charge is 2.35. The average Bonchev–Trinajstić information content (AvgIpc) is 2.62. The maximum Gasteiger partial charge on any atom is 0.305 e. The van der Waals surface area contributed by atoms with Gasteiger partial charge in [0.25, 0.3) is 0 Å². The fourth-order valence-corrected chi connectivity index (χ4v) is 4.96. The number of carbonyl (C=O) groups is 2. The SMILES string of the molecule is CC(C)N(CCC(=O)O)C(=O)C1CCCN(S(=O)(=O)Cc2ccccc2)C1. The zero-order chi connectivity index (χ0) is 20.0. The van der Waals surface area contributed by atoms with E-state index < -0.39 is 21.9 Å². The second-order valence-corrected chi connectivity index (χ2v) is 9.18. The molecule has 0 aromatic heterocycles. The van der Waals surface area contributed by atoms with E-state index in [1.54, 1.807) is 29.2 Å². The van der Waals surface area contributed by atoms with Gasteiger partial charge in [0, 0.05) is 25.7 Å². The number of nitrogens with zero attached hydrogens (tertiary/aromatic N) is 2. The second-order valence-electron chi connectivity index (χ2n) is 7.21. The summed E-state index contributed by atoms with van der Waals surface area (Å²) in [6, 6.07) is 8.86. The highest BCUT2D eigenvalue weighted by atomic mass is 32.2. The average molecular weight is 397 g/mol. The van der Waals surface area contributed by atoms with Gasteiger partial charge < -0.3 is 10.0 Å². The molecule has 0 saturated carbocycles. The van der Waals surface area contributed by atoms with Gasteiger partial charge in [-0.05, 0) is 32.3 Å². The molecular formula is C19H28N2O5S. The summed E-state index contributed by atoms with van der Waals surface area (Å²) in [6.45, 7) is 4.39. The molecule has 150 valence electrons. The van der Waals surface area contributed by atoms with E-state index in [9.17, 15) is 18.0 Å². The van der Waals surface area contributed by atoms with Crippen molar-refractivity contribution in [2.24, 2.45) is 5.92 Å². The molecule has 1 amide bonds. The molecule has 0 aliphatic carbocycles. The molecule has 1 saturated heterocycles. The van der Waals surface area contributed by atoms with Crippen LogP contribution in [0.3, 0.4) is 0 Å². The van der Waals surface area contributed by atoms with Gasteiger partial charge in [-0.3, -0.25) is 9.59 Å². The van der Waals surface area contributed by atoms with Crippen LogP contribution in [0.15, 0.2) is 30.3 Å². The molecule has 1 unspecified atom stereocenters. The monoisotopic (exact) mass is 396 g/mol. The van der Waals surface area contributed by atoms with Crippen molar-refractivity contribution < 1.29 is 23.1 Å². The highest BCUT2D eigenvalue weighted by Crippen LogP contribution is 2.24. The Bertz CT molecular complexity index is 749. The van der Waals surface area contributed by atoms with E-state index in [1.165, 1.54) is 4.31 Å². The van der Waals surface area contributed by atoms with Crippen LogP contribution in [0, 0.1) is 5.92 Å². The number of piperidine rings is 1. The molecule has 1 atom stereocenters. The number of hydrogen-bond donors (Lipinski definition) is 1. The first kappa shape index (κ1) is 21.4. The number of carboxylic acid groups (broad SMARTS) is 1. The number of aliphatic carboxylic acids is 1. The summed E-state index contributed by atoms with van der Waals surface area (Å²) in [5.74, 6) is -1.63. The van der Waals surface area contributed by atoms with Gasteiger partial charge in [-0.25, -0.2) is 12.7 Å². The normalized spacial score (nSPS) is 18.4. The van der Waals surface area contributed by atoms with Crippen molar-refractivity contribution in [1.29, 1.82) is 0 Å². The van der Waals surface area contributed by atoms with Crippen LogP contribution in [0.5, 0.6) is 0 Å². The molecule has 27 heavy (non-hydrogen) atoms. The minimum absolute atomic E-state index is 0.0817. The number of hydrogen-bond acceptors (Lipinski definition) is 4. The molecule has 1 N–H and O–H groups in total. The van der Waals surface area contributed by atoms with Gasteiger partial charge in [0.05, 0.1) is 18.1 Å². The number of rotatable bonds is 8. The molecular weight excluding hydrogens is 368 g/mol. The largest absolute Gasteiger partial charge is 0.481 e. The molecule has 1 heterocycles. The molecule has 0 radical (unpaired) electrons. The number of carboxylic acids is 1. The molecule has 1 aliphatic rings. The number of amides is 1. The molecule has 0 spiro atoms. The summed E-state index contributed by atoms with van der Waals surface area (Å²) in [5.41, 5.74) is 0.719. The summed E-state index contributed by atoms with van der Waals surface area (Å²) in [5, 5.41) is 8.90. The molecule has 7 nitrogen and oxygen atoms in total. The Kier molecular flexibility index (Phi) is 7.38. The second kappa shape index (κ2) is 9.32. The standard InChI is InChI=1S/C19H28N2O5S/c1-15(2)21(12-10-18(22)23)19(24)17-9-6-11-20(13-17)27(25,26)14-16-7-4-3-5-8-16/h3-5,7-8,15,17H,6,9-14H2,1-2H3,(H,22,23). The van der Waals surface area contributed by atoms with Crippen molar-refractivity contribution in [3.05, 3.63) is 35.9 Å². The highest BCUT2D eigenvalue weighted by molar-refractivity contribution is 7.88. The minimum Gasteiger partial charge on any atom is -0.481 e. The Labute approximate surface area is 161 Å². The van der Waals surface area contributed by atoms with Crippen molar-refractivity contribution in [2.75, 3.05) is 19.6 Å². The van der Waals surface area contributed by atoms with E-state index in [-0.39, 0.29) is 37.2 Å². The van der Waals surface area contributed by atoms with Crippen LogP contribution in [0.1, 0.15) is 38.7 Å². The first-order valence-corrected chi connectivity index (χ1v) is 10.9. The predicted octanol–water partition coefficient (Wildman–Crippen LogP) is 1.94. The van der Waals surface area contributed by atoms with E-state index in [1.807, 2.05) is 19.9 Å². The Morgan fingerprint density at radius 3 is 2.52 bits per heavy atom. The van der Waals surface area contributed by atoms with Crippen LogP contribution < -0.4 is 0 Å². The molecule has 1 fully saturated rings. The van der Waals surface area contributed by atoms with Crippen LogP contribution in [0.2, 0.25) is 0 Å². The molecule has 1 aliphatic heterocycles. The van der Waals surface area contributed by atoms with Gasteiger partial charge in [-0.1, -0.05) is 30.3 Å². The molecule has 1 aromatic carbocycles. The predicted molar refractivity (Wildman–Crippen MR) is 102 cm³/mol. The number of carbonyl (C=O) groups excluding carboxylic acids is 1. The quantitative estimate of drug-likeness (QED) is 0.725. The van der Waals surface area contributed by atoms with E-state index in [0.29, 0.717) is 19.4 Å². The van der Waals surface area contributed by atoms with Crippen molar-refractivity contribution in [2.45, 2.75) is 44.9 Å². The van der Waals surface area contributed by atoms with Crippen LogP contribution in [0.4, 0.5) is 0 Å². The summed E-state index contributed by atoms with van der Waals surface area (Å²) in [7, 11) is -3.51. The first-order chi connectivity index (χ1) is 12.7. The van der Waals surface area contributed by atoms with E-state index in [0.717, 1.165) is 5.56 Å². The van der Waals surface area contributed by atoms with Gasteiger partial charge in [-0.2, -0.15) is 0 Å². The van der Waals surface area contributed by atoms with Crippen LogP contribution in [-0.4, -0.2) is 60.3 Å². The van der Waals surface area contributed by atoms with E-state index in [2.05, 4.69) is 0 Å². The van der Waals surface area contributed by atoms with Crippen LogP contribution >= 0.6 is 0 Å².